The molecule has 0 amide bonds. The summed E-state index contributed by atoms with van der Waals surface area (Å²) in [7, 11) is 0. The van der Waals surface area contributed by atoms with Gasteiger partial charge in [-0.1, -0.05) is 42.0 Å². The SMILES string of the molecule is Cc1ccc(COC2CCC3C(=O)C(Oc4cccc(C)c4)=COC3C2)cc1. The smallest absolute Gasteiger partial charge is 0.207 e. The van der Waals surface area contributed by atoms with Crippen molar-refractivity contribution in [3.63, 3.8) is 0 Å². The molecular weight excluding hydrogens is 352 g/mol. The molecule has 2 aromatic carbocycles. The van der Waals surface area contributed by atoms with E-state index in [1.165, 1.54) is 17.4 Å². The molecule has 146 valence electrons. The second-order valence-electron chi connectivity index (χ2n) is 7.78. The molecule has 2 aromatic rings. The highest BCUT2D eigenvalue weighted by Crippen LogP contribution is 2.35. The molecular formula is C24H26O4. The van der Waals surface area contributed by atoms with E-state index in [1.807, 2.05) is 31.2 Å². The first-order valence-electron chi connectivity index (χ1n) is 9.90. The maximum Gasteiger partial charge on any atom is 0.207 e. The summed E-state index contributed by atoms with van der Waals surface area (Å²) in [5, 5.41) is 0. The van der Waals surface area contributed by atoms with Gasteiger partial charge in [-0.15, -0.1) is 0 Å². The Bertz CT molecular complexity index is 868. The lowest BCUT2D eigenvalue weighted by Gasteiger charge is -2.37. The van der Waals surface area contributed by atoms with Gasteiger partial charge in [0.2, 0.25) is 11.5 Å². The zero-order chi connectivity index (χ0) is 19.5. The Morgan fingerprint density at radius 1 is 1.04 bits per heavy atom. The fourth-order valence-corrected chi connectivity index (χ4v) is 3.86. The molecule has 3 atom stereocenters. The standard InChI is InChI=1S/C24H26O4/c1-16-6-8-18(9-7-16)14-26-19-10-11-21-22(13-19)27-15-23(24(21)25)28-20-5-3-4-17(2)12-20/h3-9,12,15,19,21-22H,10-11,13-14H2,1-2H3. The van der Waals surface area contributed by atoms with E-state index in [4.69, 9.17) is 14.2 Å². The highest BCUT2D eigenvalue weighted by atomic mass is 16.5. The summed E-state index contributed by atoms with van der Waals surface area (Å²) >= 11 is 0. The van der Waals surface area contributed by atoms with Gasteiger partial charge >= 0.3 is 0 Å². The molecule has 0 saturated heterocycles. The van der Waals surface area contributed by atoms with Crippen LogP contribution in [0.1, 0.15) is 36.0 Å². The Balaban J connectivity index is 1.35. The van der Waals surface area contributed by atoms with Crippen LogP contribution in [0.4, 0.5) is 0 Å². The van der Waals surface area contributed by atoms with Crippen LogP contribution in [0.3, 0.4) is 0 Å². The summed E-state index contributed by atoms with van der Waals surface area (Å²) in [5.74, 6) is 0.849. The van der Waals surface area contributed by atoms with Crippen LogP contribution in [0.15, 0.2) is 60.6 Å². The first-order chi connectivity index (χ1) is 13.6. The summed E-state index contributed by atoms with van der Waals surface area (Å²) in [4.78, 5) is 12.9. The van der Waals surface area contributed by atoms with Crippen molar-refractivity contribution in [2.75, 3.05) is 0 Å². The minimum absolute atomic E-state index is 0.0368. The number of carbonyl (C=O) groups is 1. The molecule has 28 heavy (non-hydrogen) atoms. The van der Waals surface area contributed by atoms with E-state index in [2.05, 4.69) is 31.2 Å². The molecule has 1 fully saturated rings. The zero-order valence-electron chi connectivity index (χ0n) is 16.4. The average Bonchev–Trinajstić information content (AvgIpc) is 2.70. The van der Waals surface area contributed by atoms with Crippen molar-refractivity contribution in [3.05, 3.63) is 77.2 Å². The molecule has 1 heterocycles. The van der Waals surface area contributed by atoms with Crippen LogP contribution in [0, 0.1) is 19.8 Å². The molecule has 3 unspecified atom stereocenters. The van der Waals surface area contributed by atoms with Crippen LogP contribution in [0.2, 0.25) is 0 Å². The Labute approximate surface area is 166 Å². The lowest BCUT2D eigenvalue weighted by molar-refractivity contribution is -0.134. The van der Waals surface area contributed by atoms with Gasteiger partial charge < -0.3 is 14.2 Å². The highest BCUT2D eigenvalue weighted by Gasteiger charge is 2.41. The summed E-state index contributed by atoms with van der Waals surface area (Å²) in [6.07, 6.45) is 3.82. The third kappa shape index (κ3) is 4.28. The van der Waals surface area contributed by atoms with Gasteiger partial charge in [0.1, 0.15) is 18.1 Å². The van der Waals surface area contributed by atoms with Crippen LogP contribution in [-0.2, 0) is 20.9 Å². The summed E-state index contributed by atoms with van der Waals surface area (Å²) in [5.41, 5.74) is 3.50. The average molecular weight is 378 g/mol. The minimum atomic E-state index is -0.149. The fraction of sp³-hybridized carbons (Fsp3) is 0.375. The number of benzene rings is 2. The van der Waals surface area contributed by atoms with Crippen LogP contribution in [0.5, 0.6) is 5.75 Å². The van der Waals surface area contributed by atoms with Gasteiger partial charge in [0.25, 0.3) is 0 Å². The summed E-state index contributed by atoms with van der Waals surface area (Å²) in [6.45, 7) is 4.66. The number of fused-ring (bicyclic) bond motifs is 1. The predicted molar refractivity (Wildman–Crippen MR) is 107 cm³/mol. The molecule has 0 spiro atoms. The van der Waals surface area contributed by atoms with Crippen LogP contribution >= 0.6 is 0 Å². The number of hydrogen-bond acceptors (Lipinski definition) is 4. The molecule has 4 rings (SSSR count). The molecule has 1 aliphatic heterocycles. The number of carbonyl (C=O) groups excluding carboxylic acids is 1. The molecule has 0 N–H and O–H groups in total. The third-order valence-corrected chi connectivity index (χ3v) is 5.50. The molecule has 4 heteroatoms. The lowest BCUT2D eigenvalue weighted by Crippen LogP contribution is -2.42. The molecule has 1 saturated carbocycles. The Morgan fingerprint density at radius 2 is 1.86 bits per heavy atom. The maximum atomic E-state index is 12.9. The van der Waals surface area contributed by atoms with Gasteiger partial charge in [-0.05, 0) is 49.9 Å². The monoisotopic (exact) mass is 378 g/mol. The van der Waals surface area contributed by atoms with Gasteiger partial charge in [0.15, 0.2) is 0 Å². The van der Waals surface area contributed by atoms with Crippen molar-refractivity contribution in [3.8, 4) is 5.75 Å². The number of aryl methyl sites for hydroxylation is 2. The van der Waals surface area contributed by atoms with Crippen molar-refractivity contribution in [2.24, 2.45) is 5.92 Å². The number of hydrogen-bond donors (Lipinski definition) is 0. The van der Waals surface area contributed by atoms with E-state index in [0.29, 0.717) is 18.1 Å². The van der Waals surface area contributed by atoms with Gasteiger partial charge in [0, 0.05) is 6.42 Å². The molecule has 1 aliphatic carbocycles. The second kappa shape index (κ2) is 8.19. The second-order valence-corrected chi connectivity index (χ2v) is 7.78. The van der Waals surface area contributed by atoms with Gasteiger partial charge in [-0.25, -0.2) is 0 Å². The van der Waals surface area contributed by atoms with Crippen LogP contribution in [-0.4, -0.2) is 18.0 Å². The van der Waals surface area contributed by atoms with E-state index >= 15 is 0 Å². The largest absolute Gasteiger partial charge is 0.493 e. The Kier molecular flexibility index (Phi) is 5.49. The fourth-order valence-electron chi connectivity index (χ4n) is 3.86. The van der Waals surface area contributed by atoms with Crippen molar-refractivity contribution in [1.29, 1.82) is 0 Å². The van der Waals surface area contributed by atoms with Crippen LogP contribution < -0.4 is 4.74 Å². The topological polar surface area (TPSA) is 44.8 Å². The molecule has 0 bridgehead atoms. The molecule has 0 radical (unpaired) electrons. The predicted octanol–water partition coefficient (Wildman–Crippen LogP) is 4.88. The minimum Gasteiger partial charge on any atom is -0.493 e. The van der Waals surface area contributed by atoms with E-state index < -0.39 is 0 Å². The van der Waals surface area contributed by atoms with E-state index in [0.717, 1.165) is 24.8 Å². The number of allylic oxidation sites excluding steroid dienone is 1. The van der Waals surface area contributed by atoms with Crippen molar-refractivity contribution in [2.45, 2.75) is 51.9 Å². The zero-order valence-corrected chi connectivity index (χ0v) is 16.4. The van der Waals surface area contributed by atoms with Crippen molar-refractivity contribution < 1.29 is 19.0 Å². The van der Waals surface area contributed by atoms with Crippen LogP contribution in [0.25, 0.3) is 0 Å². The normalized spacial score (nSPS) is 24.1. The van der Waals surface area contributed by atoms with E-state index in [1.54, 1.807) is 0 Å². The first kappa shape index (κ1) is 18.8. The summed E-state index contributed by atoms with van der Waals surface area (Å²) in [6, 6.07) is 16.1. The highest BCUT2D eigenvalue weighted by molar-refractivity contribution is 5.96. The first-order valence-corrected chi connectivity index (χ1v) is 9.90. The quantitative estimate of drug-likeness (QED) is 0.744. The van der Waals surface area contributed by atoms with Gasteiger partial charge in [-0.3, -0.25) is 4.79 Å². The Morgan fingerprint density at radius 3 is 2.64 bits per heavy atom. The number of rotatable bonds is 5. The maximum absolute atomic E-state index is 12.9. The number of ether oxygens (including phenoxy) is 3. The number of ketones is 1. The van der Waals surface area contributed by atoms with Gasteiger partial charge in [0.05, 0.1) is 18.6 Å². The van der Waals surface area contributed by atoms with Gasteiger partial charge in [-0.2, -0.15) is 0 Å². The lowest BCUT2D eigenvalue weighted by atomic mass is 9.80. The number of Topliss-reactive ketones (excluding diaryl/α,β-unsaturated/α-hetero) is 1. The van der Waals surface area contributed by atoms with E-state index in [-0.39, 0.29) is 23.9 Å². The van der Waals surface area contributed by atoms with Crippen molar-refractivity contribution >= 4 is 5.78 Å². The summed E-state index contributed by atoms with van der Waals surface area (Å²) < 4.78 is 17.8. The molecule has 0 aromatic heterocycles. The van der Waals surface area contributed by atoms with E-state index in [9.17, 15) is 4.79 Å². The third-order valence-electron chi connectivity index (χ3n) is 5.50. The molecule has 4 nitrogen and oxygen atoms in total. The molecule has 2 aliphatic rings. The van der Waals surface area contributed by atoms with Crippen molar-refractivity contribution in [1.82, 2.24) is 0 Å². The Hall–Kier alpha value is -2.59.